The molecule has 1 aromatic rings. The maximum Gasteiger partial charge on any atom is 0.251 e. The van der Waals surface area contributed by atoms with Crippen molar-refractivity contribution in [1.82, 2.24) is 10.2 Å². The van der Waals surface area contributed by atoms with Crippen LogP contribution in [0.5, 0.6) is 11.5 Å². The number of nitrogens with one attached hydrogen (secondary N) is 1. The van der Waals surface area contributed by atoms with Gasteiger partial charge in [0.25, 0.3) is 5.91 Å². The highest BCUT2D eigenvalue weighted by Gasteiger charge is 2.26. The lowest BCUT2D eigenvalue weighted by Crippen LogP contribution is -2.47. The summed E-state index contributed by atoms with van der Waals surface area (Å²) in [5.74, 6) is 1.20. The lowest BCUT2D eigenvalue weighted by atomic mass is 9.91. The van der Waals surface area contributed by atoms with E-state index in [1.165, 1.54) is 0 Å². The number of likely N-dealkylation sites (tertiary alicyclic amines) is 1. The molecule has 0 aliphatic carbocycles. The molecule has 1 aromatic carbocycles. The first-order chi connectivity index (χ1) is 12.2. The van der Waals surface area contributed by atoms with E-state index in [0.29, 0.717) is 36.6 Å². The largest absolute Gasteiger partial charge is 0.497 e. The van der Waals surface area contributed by atoms with Crippen LogP contribution in [0.1, 0.15) is 50.4 Å². The number of ether oxygens (including phenoxy) is 2. The minimum Gasteiger partial charge on any atom is -0.497 e. The van der Waals surface area contributed by atoms with E-state index in [-0.39, 0.29) is 23.3 Å². The lowest BCUT2D eigenvalue weighted by molar-refractivity contribution is -0.134. The van der Waals surface area contributed by atoms with Crippen LogP contribution in [-0.4, -0.2) is 50.1 Å². The van der Waals surface area contributed by atoms with Crippen LogP contribution in [0.2, 0.25) is 0 Å². The number of carbonyl (C=O) groups is 2. The fourth-order valence-corrected chi connectivity index (χ4v) is 3.05. The number of rotatable bonds is 5. The molecule has 2 rings (SSSR count). The minimum absolute atomic E-state index is 0.00638. The Hall–Kier alpha value is -2.24. The maximum absolute atomic E-state index is 12.5. The molecule has 0 atom stereocenters. The third-order valence-electron chi connectivity index (χ3n) is 4.48. The van der Waals surface area contributed by atoms with Crippen LogP contribution in [-0.2, 0) is 4.79 Å². The Morgan fingerprint density at radius 3 is 2.08 bits per heavy atom. The Bertz CT molecular complexity index is 621. The summed E-state index contributed by atoms with van der Waals surface area (Å²) in [4.78, 5) is 26.8. The summed E-state index contributed by atoms with van der Waals surface area (Å²) < 4.78 is 10.4. The van der Waals surface area contributed by atoms with Gasteiger partial charge in [0.1, 0.15) is 11.5 Å². The molecule has 0 aromatic heterocycles. The molecule has 1 fully saturated rings. The molecule has 1 aliphatic heterocycles. The first-order valence-electron chi connectivity index (χ1n) is 9.03. The second-order valence-corrected chi connectivity index (χ2v) is 7.97. The molecule has 0 radical (unpaired) electrons. The van der Waals surface area contributed by atoms with Gasteiger partial charge >= 0.3 is 0 Å². The second-order valence-electron chi connectivity index (χ2n) is 7.97. The van der Waals surface area contributed by atoms with Crippen molar-refractivity contribution in [2.24, 2.45) is 5.41 Å². The van der Waals surface area contributed by atoms with Gasteiger partial charge in [-0.1, -0.05) is 20.8 Å². The van der Waals surface area contributed by atoms with E-state index in [9.17, 15) is 9.59 Å². The fourth-order valence-electron chi connectivity index (χ4n) is 3.05. The summed E-state index contributed by atoms with van der Waals surface area (Å²) in [6.07, 6.45) is 2.08. The zero-order valence-electron chi connectivity index (χ0n) is 16.4. The zero-order valence-corrected chi connectivity index (χ0v) is 16.4. The van der Waals surface area contributed by atoms with E-state index in [1.54, 1.807) is 32.4 Å². The van der Waals surface area contributed by atoms with Crippen molar-refractivity contribution < 1.29 is 19.1 Å². The monoisotopic (exact) mass is 362 g/mol. The summed E-state index contributed by atoms with van der Waals surface area (Å²) in [6.45, 7) is 7.57. The Morgan fingerprint density at radius 1 is 1.08 bits per heavy atom. The summed E-state index contributed by atoms with van der Waals surface area (Å²) in [7, 11) is 3.11. The minimum atomic E-state index is -0.151. The van der Waals surface area contributed by atoms with E-state index in [1.807, 2.05) is 4.90 Å². The van der Waals surface area contributed by atoms with Crippen molar-refractivity contribution in [3.05, 3.63) is 23.8 Å². The van der Waals surface area contributed by atoms with Gasteiger partial charge in [-0.05, 0) is 30.4 Å². The molecule has 1 saturated heterocycles. The number of hydrogen-bond donors (Lipinski definition) is 1. The number of piperidine rings is 1. The highest BCUT2D eigenvalue weighted by molar-refractivity contribution is 5.95. The van der Waals surface area contributed by atoms with Crippen LogP contribution in [0, 0.1) is 5.41 Å². The molecule has 6 nitrogen and oxygen atoms in total. The molecule has 1 aliphatic rings. The highest BCUT2D eigenvalue weighted by Crippen LogP contribution is 2.24. The van der Waals surface area contributed by atoms with E-state index in [2.05, 4.69) is 26.1 Å². The van der Waals surface area contributed by atoms with Gasteiger partial charge in [-0.15, -0.1) is 0 Å². The second kappa shape index (κ2) is 8.43. The van der Waals surface area contributed by atoms with Gasteiger partial charge in [-0.2, -0.15) is 0 Å². The van der Waals surface area contributed by atoms with E-state index in [0.717, 1.165) is 12.8 Å². The normalized spacial score (nSPS) is 15.5. The quantitative estimate of drug-likeness (QED) is 0.875. The molecular weight excluding hydrogens is 332 g/mol. The molecule has 0 spiro atoms. The van der Waals surface area contributed by atoms with Crippen molar-refractivity contribution in [1.29, 1.82) is 0 Å². The number of carbonyl (C=O) groups excluding carboxylic acids is 2. The highest BCUT2D eigenvalue weighted by atomic mass is 16.5. The standard InChI is InChI=1S/C20H30N2O4/c1-20(2,3)13-18(23)22-8-6-15(7-9-22)21-19(24)14-10-16(25-4)12-17(11-14)26-5/h10-12,15H,6-9,13H2,1-5H3,(H,21,24). The number of nitrogens with zero attached hydrogens (tertiary/aromatic N) is 1. The number of amides is 2. The predicted molar refractivity (Wildman–Crippen MR) is 101 cm³/mol. The number of methoxy groups -OCH3 is 2. The molecule has 0 bridgehead atoms. The Morgan fingerprint density at radius 2 is 1.62 bits per heavy atom. The van der Waals surface area contributed by atoms with Crippen molar-refractivity contribution >= 4 is 11.8 Å². The molecule has 0 saturated carbocycles. The molecule has 1 N–H and O–H groups in total. The van der Waals surface area contributed by atoms with Gasteiger partial charge in [-0.25, -0.2) is 0 Å². The van der Waals surface area contributed by atoms with Crippen molar-refractivity contribution in [2.45, 2.75) is 46.1 Å². The molecule has 6 heteroatoms. The van der Waals surface area contributed by atoms with Gasteiger partial charge in [0, 0.05) is 37.2 Å². The van der Waals surface area contributed by atoms with Crippen LogP contribution in [0.25, 0.3) is 0 Å². The van der Waals surface area contributed by atoms with E-state index >= 15 is 0 Å². The van der Waals surface area contributed by atoms with Gasteiger partial charge < -0.3 is 19.7 Å². The average Bonchev–Trinajstić information content (AvgIpc) is 2.60. The molecule has 144 valence electrons. The molecule has 26 heavy (non-hydrogen) atoms. The first kappa shape index (κ1) is 20.1. The van der Waals surface area contributed by atoms with Crippen molar-refractivity contribution in [3.8, 4) is 11.5 Å². The van der Waals surface area contributed by atoms with Gasteiger partial charge in [-0.3, -0.25) is 9.59 Å². The van der Waals surface area contributed by atoms with Crippen LogP contribution in [0.4, 0.5) is 0 Å². The third-order valence-corrected chi connectivity index (χ3v) is 4.48. The average molecular weight is 362 g/mol. The third kappa shape index (κ3) is 5.64. The summed E-state index contributed by atoms with van der Waals surface area (Å²) in [6, 6.07) is 5.19. The van der Waals surface area contributed by atoms with Crippen molar-refractivity contribution in [3.63, 3.8) is 0 Å². The van der Waals surface area contributed by atoms with Crippen LogP contribution < -0.4 is 14.8 Å². The Kier molecular flexibility index (Phi) is 6.51. The topological polar surface area (TPSA) is 67.9 Å². The van der Waals surface area contributed by atoms with Gasteiger partial charge in [0.05, 0.1) is 14.2 Å². The number of benzene rings is 1. The molecule has 2 amide bonds. The van der Waals surface area contributed by atoms with E-state index < -0.39 is 0 Å². The molecular formula is C20H30N2O4. The molecule has 1 heterocycles. The first-order valence-corrected chi connectivity index (χ1v) is 9.03. The zero-order chi connectivity index (χ0) is 19.3. The SMILES string of the molecule is COc1cc(OC)cc(C(=O)NC2CCN(C(=O)CC(C)(C)C)CC2)c1. The van der Waals surface area contributed by atoms with Crippen LogP contribution in [0.3, 0.4) is 0 Å². The maximum atomic E-state index is 12.5. The van der Waals surface area contributed by atoms with Gasteiger partial charge in [0.15, 0.2) is 0 Å². The Balaban J connectivity index is 1.91. The lowest BCUT2D eigenvalue weighted by Gasteiger charge is -2.34. The van der Waals surface area contributed by atoms with Crippen LogP contribution >= 0.6 is 0 Å². The summed E-state index contributed by atoms with van der Waals surface area (Å²) >= 11 is 0. The predicted octanol–water partition coefficient (Wildman–Crippen LogP) is 2.86. The summed E-state index contributed by atoms with van der Waals surface area (Å²) in [5, 5.41) is 3.06. The van der Waals surface area contributed by atoms with Crippen molar-refractivity contribution in [2.75, 3.05) is 27.3 Å². The van der Waals surface area contributed by atoms with Crippen LogP contribution in [0.15, 0.2) is 18.2 Å². The Labute approximate surface area is 155 Å². The van der Waals surface area contributed by atoms with E-state index in [4.69, 9.17) is 9.47 Å². The van der Waals surface area contributed by atoms with Gasteiger partial charge in [0.2, 0.25) is 5.91 Å². The molecule has 0 unspecified atom stereocenters. The number of hydrogen-bond acceptors (Lipinski definition) is 4. The summed E-state index contributed by atoms with van der Waals surface area (Å²) in [5.41, 5.74) is 0.501. The smallest absolute Gasteiger partial charge is 0.251 e. The fraction of sp³-hybridized carbons (Fsp3) is 0.600.